The summed E-state index contributed by atoms with van der Waals surface area (Å²) in [7, 11) is 1.36. The molecule has 1 heterocycles. The highest BCUT2D eigenvalue weighted by atomic mass is 35.5. The number of thiophene rings is 1. The van der Waals surface area contributed by atoms with E-state index in [0.717, 1.165) is 5.56 Å². The van der Waals surface area contributed by atoms with Crippen molar-refractivity contribution in [1.29, 1.82) is 0 Å². The van der Waals surface area contributed by atoms with Gasteiger partial charge in [-0.25, -0.2) is 0 Å². The number of hydrogen-bond donors (Lipinski definition) is 1. The SMILES string of the molecule is COC(=O)C[C@H](N)c1ccsc1.Cl. The molecule has 0 amide bonds. The third-order valence-electron chi connectivity index (χ3n) is 1.59. The van der Waals surface area contributed by atoms with E-state index >= 15 is 0 Å². The van der Waals surface area contributed by atoms with Crippen molar-refractivity contribution in [2.75, 3.05) is 7.11 Å². The third kappa shape index (κ3) is 3.76. The van der Waals surface area contributed by atoms with Crippen molar-refractivity contribution in [3.8, 4) is 0 Å². The van der Waals surface area contributed by atoms with Crippen LogP contribution in [-0.2, 0) is 9.53 Å². The minimum Gasteiger partial charge on any atom is -0.469 e. The first kappa shape index (κ1) is 12.4. The average molecular weight is 222 g/mol. The van der Waals surface area contributed by atoms with Crippen molar-refractivity contribution < 1.29 is 9.53 Å². The molecule has 0 aromatic carbocycles. The second kappa shape index (κ2) is 5.96. The van der Waals surface area contributed by atoms with E-state index in [9.17, 15) is 4.79 Å². The van der Waals surface area contributed by atoms with Crippen LogP contribution in [0.25, 0.3) is 0 Å². The summed E-state index contributed by atoms with van der Waals surface area (Å²) in [6.45, 7) is 0. The summed E-state index contributed by atoms with van der Waals surface area (Å²) in [6.07, 6.45) is 0.243. The van der Waals surface area contributed by atoms with E-state index in [1.807, 2.05) is 16.8 Å². The van der Waals surface area contributed by atoms with E-state index in [2.05, 4.69) is 4.74 Å². The van der Waals surface area contributed by atoms with Gasteiger partial charge in [-0.05, 0) is 22.4 Å². The van der Waals surface area contributed by atoms with E-state index in [1.54, 1.807) is 11.3 Å². The number of nitrogens with two attached hydrogens (primary N) is 1. The van der Waals surface area contributed by atoms with Crippen molar-refractivity contribution in [3.05, 3.63) is 22.4 Å². The van der Waals surface area contributed by atoms with Gasteiger partial charge in [0.15, 0.2) is 0 Å². The average Bonchev–Trinajstić information content (AvgIpc) is 2.56. The summed E-state index contributed by atoms with van der Waals surface area (Å²) < 4.78 is 4.50. The maximum atomic E-state index is 10.8. The van der Waals surface area contributed by atoms with Gasteiger partial charge in [-0.3, -0.25) is 4.79 Å². The van der Waals surface area contributed by atoms with E-state index in [4.69, 9.17) is 5.73 Å². The van der Waals surface area contributed by atoms with Crippen LogP contribution < -0.4 is 5.73 Å². The van der Waals surface area contributed by atoms with Gasteiger partial charge < -0.3 is 10.5 Å². The topological polar surface area (TPSA) is 52.3 Å². The first-order chi connectivity index (χ1) is 5.74. The number of esters is 1. The van der Waals surface area contributed by atoms with Crippen molar-refractivity contribution in [2.24, 2.45) is 5.73 Å². The minimum absolute atomic E-state index is 0. The summed E-state index contributed by atoms with van der Waals surface area (Å²) >= 11 is 1.57. The molecular formula is C8H12ClNO2S. The predicted molar refractivity (Wildman–Crippen MR) is 55.1 cm³/mol. The molecule has 1 rings (SSSR count). The number of carbonyl (C=O) groups is 1. The van der Waals surface area contributed by atoms with Crippen LogP contribution in [0.2, 0.25) is 0 Å². The molecule has 74 valence electrons. The van der Waals surface area contributed by atoms with Crippen LogP contribution in [0.15, 0.2) is 16.8 Å². The fourth-order valence-electron chi connectivity index (χ4n) is 0.867. The summed E-state index contributed by atoms with van der Waals surface area (Å²) in [5.41, 5.74) is 6.71. The highest BCUT2D eigenvalue weighted by Crippen LogP contribution is 2.16. The number of carbonyl (C=O) groups excluding carboxylic acids is 1. The molecule has 1 atom stereocenters. The Morgan fingerprint density at radius 1 is 1.77 bits per heavy atom. The van der Waals surface area contributed by atoms with Crippen molar-refractivity contribution in [2.45, 2.75) is 12.5 Å². The Balaban J connectivity index is 0.00000144. The third-order valence-corrected chi connectivity index (χ3v) is 2.29. The molecule has 0 fully saturated rings. The Morgan fingerprint density at radius 3 is 2.92 bits per heavy atom. The molecule has 0 spiro atoms. The van der Waals surface area contributed by atoms with Crippen LogP contribution in [0.4, 0.5) is 0 Å². The van der Waals surface area contributed by atoms with Gasteiger partial charge in [0, 0.05) is 6.04 Å². The van der Waals surface area contributed by atoms with Crippen LogP contribution in [0.3, 0.4) is 0 Å². The molecule has 2 N–H and O–H groups in total. The van der Waals surface area contributed by atoms with Gasteiger partial charge in [-0.1, -0.05) is 0 Å². The van der Waals surface area contributed by atoms with Crippen molar-refractivity contribution >= 4 is 29.7 Å². The molecule has 0 unspecified atom stereocenters. The number of halogens is 1. The first-order valence-electron chi connectivity index (χ1n) is 3.58. The minimum atomic E-state index is -0.270. The van der Waals surface area contributed by atoms with Gasteiger partial charge in [0.05, 0.1) is 13.5 Å². The lowest BCUT2D eigenvalue weighted by molar-refractivity contribution is -0.141. The Kier molecular flexibility index (Phi) is 5.70. The number of rotatable bonds is 3. The van der Waals surface area contributed by atoms with Crippen molar-refractivity contribution in [1.82, 2.24) is 0 Å². The van der Waals surface area contributed by atoms with Crippen LogP contribution >= 0.6 is 23.7 Å². The largest absolute Gasteiger partial charge is 0.469 e. The van der Waals surface area contributed by atoms with Crippen LogP contribution in [-0.4, -0.2) is 13.1 Å². The fraction of sp³-hybridized carbons (Fsp3) is 0.375. The zero-order chi connectivity index (χ0) is 8.97. The Hall–Kier alpha value is -0.580. The predicted octanol–water partition coefficient (Wildman–Crippen LogP) is 1.73. The highest BCUT2D eigenvalue weighted by Gasteiger charge is 2.11. The monoisotopic (exact) mass is 221 g/mol. The molecular weight excluding hydrogens is 210 g/mol. The maximum absolute atomic E-state index is 10.8. The molecule has 0 aliphatic carbocycles. The molecule has 3 nitrogen and oxygen atoms in total. The van der Waals surface area contributed by atoms with Gasteiger partial charge in [0.1, 0.15) is 0 Å². The smallest absolute Gasteiger partial charge is 0.307 e. The molecule has 13 heavy (non-hydrogen) atoms. The summed E-state index contributed by atoms with van der Waals surface area (Å²) in [5, 5.41) is 3.88. The number of hydrogen-bond acceptors (Lipinski definition) is 4. The van der Waals surface area contributed by atoms with E-state index in [1.165, 1.54) is 7.11 Å². The van der Waals surface area contributed by atoms with Crippen molar-refractivity contribution in [3.63, 3.8) is 0 Å². The number of ether oxygens (including phenoxy) is 1. The second-order valence-corrected chi connectivity index (χ2v) is 3.22. The van der Waals surface area contributed by atoms with E-state index in [-0.39, 0.29) is 30.8 Å². The molecule has 0 saturated carbocycles. The van der Waals surface area contributed by atoms with Gasteiger partial charge in [0.25, 0.3) is 0 Å². The van der Waals surface area contributed by atoms with Crippen LogP contribution in [0, 0.1) is 0 Å². The quantitative estimate of drug-likeness (QED) is 0.791. The lowest BCUT2D eigenvalue weighted by Gasteiger charge is -2.06. The lowest BCUT2D eigenvalue weighted by atomic mass is 10.1. The Morgan fingerprint density at radius 2 is 2.46 bits per heavy atom. The van der Waals surface area contributed by atoms with Gasteiger partial charge in [-0.15, -0.1) is 12.4 Å². The first-order valence-corrected chi connectivity index (χ1v) is 4.53. The standard InChI is InChI=1S/C8H11NO2S.ClH/c1-11-8(10)4-7(9)6-2-3-12-5-6;/h2-3,5,7H,4,9H2,1H3;1H/t7-;/m0./s1. The zero-order valence-electron chi connectivity index (χ0n) is 7.23. The summed E-state index contributed by atoms with van der Waals surface area (Å²) in [5.74, 6) is -0.270. The van der Waals surface area contributed by atoms with Gasteiger partial charge >= 0.3 is 5.97 Å². The fourth-order valence-corrected chi connectivity index (χ4v) is 1.59. The van der Waals surface area contributed by atoms with E-state index < -0.39 is 0 Å². The zero-order valence-corrected chi connectivity index (χ0v) is 8.86. The lowest BCUT2D eigenvalue weighted by Crippen LogP contribution is -2.15. The normalized spacial score (nSPS) is 11.5. The molecule has 0 saturated heterocycles. The second-order valence-electron chi connectivity index (χ2n) is 2.44. The molecule has 1 aromatic rings. The van der Waals surface area contributed by atoms with E-state index in [0.29, 0.717) is 0 Å². The number of methoxy groups -OCH3 is 1. The maximum Gasteiger partial charge on any atom is 0.307 e. The molecule has 0 radical (unpaired) electrons. The molecule has 1 aromatic heterocycles. The Bertz CT molecular complexity index is 251. The van der Waals surface area contributed by atoms with Gasteiger partial charge in [-0.2, -0.15) is 11.3 Å². The summed E-state index contributed by atoms with van der Waals surface area (Å²) in [4.78, 5) is 10.8. The van der Waals surface area contributed by atoms with Crippen LogP contribution in [0.5, 0.6) is 0 Å². The van der Waals surface area contributed by atoms with Crippen LogP contribution in [0.1, 0.15) is 18.0 Å². The molecule has 0 bridgehead atoms. The molecule has 5 heteroatoms. The van der Waals surface area contributed by atoms with Gasteiger partial charge in [0.2, 0.25) is 0 Å². The summed E-state index contributed by atoms with van der Waals surface area (Å²) in [6, 6.07) is 1.68. The molecule has 0 aliphatic heterocycles. The Labute approximate surface area is 87.3 Å². The molecule has 0 aliphatic rings. The highest BCUT2D eigenvalue weighted by molar-refractivity contribution is 7.07.